The first-order chi connectivity index (χ1) is 18.1. The number of benzene rings is 3. The maximum atomic E-state index is 13.9. The second kappa shape index (κ2) is 10.1. The molecule has 0 amide bonds. The van der Waals surface area contributed by atoms with Crippen LogP contribution in [0.25, 0.3) is 10.9 Å². The summed E-state index contributed by atoms with van der Waals surface area (Å²) in [6.45, 7) is 1.49. The second-order valence-corrected chi connectivity index (χ2v) is 11.5. The van der Waals surface area contributed by atoms with Crippen molar-refractivity contribution in [3.63, 3.8) is 0 Å². The molecule has 3 aromatic carbocycles. The largest absolute Gasteiger partial charge is 0.494 e. The number of halogens is 1. The lowest BCUT2D eigenvalue weighted by Crippen LogP contribution is -2.35. The normalized spacial score (nSPS) is 13.7. The summed E-state index contributed by atoms with van der Waals surface area (Å²) in [5, 5.41) is 11.5. The first kappa shape index (κ1) is 25.7. The molecule has 0 bridgehead atoms. The minimum Gasteiger partial charge on any atom is -0.494 e. The van der Waals surface area contributed by atoms with Crippen LogP contribution in [0.2, 0.25) is 0 Å². The number of sulfonamides is 1. The fourth-order valence-corrected chi connectivity index (χ4v) is 5.51. The lowest BCUT2D eigenvalue weighted by molar-refractivity contribution is 0.357. The van der Waals surface area contributed by atoms with Crippen LogP contribution in [0.3, 0.4) is 0 Å². The Morgan fingerprint density at radius 2 is 1.84 bits per heavy atom. The van der Waals surface area contributed by atoms with Gasteiger partial charge in [0.15, 0.2) is 5.88 Å². The van der Waals surface area contributed by atoms with Gasteiger partial charge in [-0.3, -0.25) is 4.31 Å². The van der Waals surface area contributed by atoms with Gasteiger partial charge < -0.3 is 19.7 Å². The maximum absolute atomic E-state index is 13.9. The Bertz CT molecular complexity index is 1630. The quantitative estimate of drug-likeness (QED) is 0.325. The van der Waals surface area contributed by atoms with Gasteiger partial charge in [0, 0.05) is 30.5 Å². The van der Waals surface area contributed by atoms with Crippen LogP contribution in [0.15, 0.2) is 65.7 Å². The first-order valence-electron chi connectivity index (χ1n) is 12.2. The highest BCUT2D eigenvalue weighted by Crippen LogP contribution is 2.34. The number of aromatic hydroxyl groups is 1. The average Bonchev–Trinajstić information content (AvgIpc) is 3.45. The molecule has 0 unspecified atom stereocenters. The number of hydrogen-bond acceptors (Lipinski definition) is 6. The van der Waals surface area contributed by atoms with E-state index >= 15 is 0 Å². The molecule has 2 heterocycles. The number of ether oxygens (including phenoxy) is 1. The van der Waals surface area contributed by atoms with Gasteiger partial charge in [0.2, 0.25) is 10.0 Å². The Labute approximate surface area is 221 Å². The van der Waals surface area contributed by atoms with Crippen LogP contribution in [0, 0.1) is 5.82 Å². The van der Waals surface area contributed by atoms with E-state index < -0.39 is 15.8 Å². The summed E-state index contributed by atoms with van der Waals surface area (Å²) >= 11 is 0. The molecule has 0 saturated heterocycles. The minimum atomic E-state index is -3.48. The molecule has 0 atom stereocenters. The van der Waals surface area contributed by atoms with Crippen LogP contribution >= 0.6 is 0 Å². The van der Waals surface area contributed by atoms with Gasteiger partial charge in [0.05, 0.1) is 41.0 Å². The number of fused-ring (bicyclic) bond motifs is 2. The highest BCUT2D eigenvalue weighted by Gasteiger charge is 2.22. The molecule has 0 aliphatic carbocycles. The molecule has 8 nitrogen and oxygen atoms in total. The van der Waals surface area contributed by atoms with Crippen LogP contribution < -0.4 is 9.04 Å². The predicted octanol–water partition coefficient (Wildman–Crippen LogP) is 4.44. The zero-order valence-corrected chi connectivity index (χ0v) is 22.2. The molecule has 10 heteroatoms. The SMILES string of the molecule is CN(C)CCN(c1ccc(N=C(c2ccc3c(c2)CCO3)c2c(O)[nH]c3cc(F)ccc23)cc1)S(C)(=O)=O. The van der Waals surface area contributed by atoms with E-state index in [-0.39, 0.29) is 5.88 Å². The Hall–Kier alpha value is -3.89. The Morgan fingerprint density at radius 1 is 1.08 bits per heavy atom. The van der Waals surface area contributed by atoms with E-state index in [1.54, 1.807) is 30.3 Å². The average molecular weight is 537 g/mol. The molecular formula is C28H29FN4O4S. The van der Waals surface area contributed by atoms with Gasteiger partial charge in [-0.15, -0.1) is 0 Å². The first-order valence-corrected chi connectivity index (χ1v) is 14.0. The third kappa shape index (κ3) is 5.23. The summed E-state index contributed by atoms with van der Waals surface area (Å²) < 4.78 is 45.8. The van der Waals surface area contributed by atoms with Gasteiger partial charge in [0.25, 0.3) is 0 Å². The summed E-state index contributed by atoms with van der Waals surface area (Å²) in [6, 6.07) is 17.0. The van der Waals surface area contributed by atoms with Gasteiger partial charge in [-0.1, -0.05) is 0 Å². The summed E-state index contributed by atoms with van der Waals surface area (Å²) in [6.07, 6.45) is 1.96. The number of hydrogen-bond donors (Lipinski definition) is 2. The van der Waals surface area contributed by atoms with E-state index in [2.05, 4.69) is 4.98 Å². The van der Waals surface area contributed by atoms with E-state index in [9.17, 15) is 17.9 Å². The molecular weight excluding hydrogens is 507 g/mol. The summed E-state index contributed by atoms with van der Waals surface area (Å²) in [7, 11) is 0.300. The molecule has 0 saturated carbocycles. The van der Waals surface area contributed by atoms with Crippen LogP contribution in [0.5, 0.6) is 11.6 Å². The Morgan fingerprint density at radius 3 is 2.55 bits per heavy atom. The van der Waals surface area contributed by atoms with E-state index in [1.807, 2.05) is 37.2 Å². The van der Waals surface area contributed by atoms with Crippen molar-refractivity contribution in [2.75, 3.05) is 44.4 Å². The molecule has 5 rings (SSSR count). The molecule has 198 valence electrons. The Kier molecular flexibility index (Phi) is 6.85. The number of nitrogens with zero attached hydrogens (tertiary/aromatic N) is 3. The monoisotopic (exact) mass is 536 g/mol. The maximum Gasteiger partial charge on any atom is 0.232 e. The van der Waals surface area contributed by atoms with Crippen molar-refractivity contribution in [3.05, 3.63) is 83.2 Å². The predicted molar refractivity (Wildman–Crippen MR) is 148 cm³/mol. The zero-order valence-electron chi connectivity index (χ0n) is 21.4. The van der Waals surface area contributed by atoms with Crippen molar-refractivity contribution in [1.29, 1.82) is 0 Å². The van der Waals surface area contributed by atoms with Crippen molar-refractivity contribution in [3.8, 4) is 11.6 Å². The van der Waals surface area contributed by atoms with Crippen molar-refractivity contribution in [1.82, 2.24) is 9.88 Å². The van der Waals surface area contributed by atoms with Gasteiger partial charge in [-0.05, 0) is 80.3 Å². The molecule has 4 aromatic rings. The third-order valence-corrected chi connectivity index (χ3v) is 7.66. The standard InChI is InChI=1S/C28H29FN4O4S/c1-32(2)13-14-33(38(3,35)36)22-8-6-21(7-9-22)30-27(19-4-11-25-18(16-19)12-15-37-25)26-23-10-5-20(29)17-24(23)31-28(26)34/h4-11,16-17,31,34H,12-15H2,1-3H3. The molecule has 0 spiro atoms. The highest BCUT2D eigenvalue weighted by molar-refractivity contribution is 7.92. The summed E-state index contributed by atoms with van der Waals surface area (Å²) in [5.41, 5.74) is 4.31. The molecule has 1 aliphatic rings. The highest BCUT2D eigenvalue weighted by atomic mass is 32.2. The van der Waals surface area contributed by atoms with E-state index in [4.69, 9.17) is 9.73 Å². The number of aromatic amines is 1. The number of anilines is 1. The lowest BCUT2D eigenvalue weighted by atomic mass is 9.98. The third-order valence-electron chi connectivity index (χ3n) is 6.47. The van der Waals surface area contributed by atoms with Gasteiger partial charge >= 0.3 is 0 Å². The molecule has 0 fully saturated rings. The second-order valence-electron chi connectivity index (χ2n) is 9.57. The van der Waals surface area contributed by atoms with Crippen molar-refractivity contribution in [2.45, 2.75) is 6.42 Å². The van der Waals surface area contributed by atoms with Crippen molar-refractivity contribution in [2.24, 2.45) is 4.99 Å². The minimum absolute atomic E-state index is 0.121. The number of likely N-dealkylation sites (N-methyl/N-ethyl adjacent to an activating group) is 1. The number of aromatic nitrogens is 1. The smallest absolute Gasteiger partial charge is 0.232 e. The number of H-pyrrole nitrogens is 1. The lowest BCUT2D eigenvalue weighted by Gasteiger charge is -2.24. The van der Waals surface area contributed by atoms with Crippen LogP contribution in [0.1, 0.15) is 16.7 Å². The molecule has 1 aliphatic heterocycles. The molecule has 1 aromatic heterocycles. The number of rotatable bonds is 8. The van der Waals surface area contributed by atoms with Gasteiger partial charge in [0.1, 0.15) is 11.6 Å². The number of nitrogens with one attached hydrogen (secondary N) is 1. The van der Waals surface area contributed by atoms with Gasteiger partial charge in [-0.25, -0.2) is 17.8 Å². The fraction of sp³-hybridized carbons (Fsp3) is 0.250. The fourth-order valence-electron chi connectivity index (χ4n) is 4.59. The summed E-state index contributed by atoms with van der Waals surface area (Å²) in [5.74, 6) is 0.282. The zero-order chi connectivity index (χ0) is 27.0. The van der Waals surface area contributed by atoms with Crippen molar-refractivity contribution >= 4 is 38.0 Å². The molecule has 2 N–H and O–H groups in total. The van der Waals surface area contributed by atoms with Crippen LogP contribution in [-0.2, 0) is 16.4 Å². The topological polar surface area (TPSA) is 98.2 Å². The number of aliphatic imine (C=N–C) groups is 1. The van der Waals surface area contributed by atoms with E-state index in [0.717, 1.165) is 23.3 Å². The van der Waals surface area contributed by atoms with E-state index in [0.29, 0.717) is 53.2 Å². The van der Waals surface area contributed by atoms with Gasteiger partial charge in [-0.2, -0.15) is 0 Å². The van der Waals surface area contributed by atoms with E-state index in [1.165, 1.54) is 22.7 Å². The summed E-state index contributed by atoms with van der Waals surface area (Å²) in [4.78, 5) is 9.67. The van der Waals surface area contributed by atoms with Crippen LogP contribution in [0.4, 0.5) is 15.8 Å². The molecule has 38 heavy (non-hydrogen) atoms. The Balaban J connectivity index is 1.61. The van der Waals surface area contributed by atoms with Crippen molar-refractivity contribution < 1.29 is 22.7 Å². The van der Waals surface area contributed by atoms with Crippen LogP contribution in [-0.4, -0.2) is 69.2 Å². The molecule has 0 radical (unpaired) electrons.